The first kappa shape index (κ1) is 11.2. The van der Waals surface area contributed by atoms with E-state index in [1.165, 1.54) is 12.7 Å². The van der Waals surface area contributed by atoms with E-state index in [-0.39, 0.29) is 11.9 Å². The smallest absolute Gasteiger partial charge is 0.250 e. The van der Waals surface area contributed by atoms with Crippen LogP contribution in [0.1, 0.15) is 22.7 Å². The minimum Gasteiger partial charge on any atom is -0.479 e. The number of halogens is 1. The van der Waals surface area contributed by atoms with E-state index in [1.54, 1.807) is 12.3 Å². The van der Waals surface area contributed by atoms with Gasteiger partial charge >= 0.3 is 0 Å². The van der Waals surface area contributed by atoms with Gasteiger partial charge in [-0.3, -0.25) is 0 Å². The van der Waals surface area contributed by atoms with Crippen LogP contribution in [0.15, 0.2) is 36.5 Å². The molecule has 0 spiro atoms. The molecule has 1 aliphatic rings. The maximum absolute atomic E-state index is 14.2. The first-order chi connectivity index (χ1) is 8.81. The number of benzene rings is 1. The number of hydrogen-bond acceptors (Lipinski definition) is 3. The summed E-state index contributed by atoms with van der Waals surface area (Å²) in [5.74, 6) is -0.354. The summed E-state index contributed by atoms with van der Waals surface area (Å²) in [5.41, 5.74) is 2.90. The van der Waals surface area contributed by atoms with Crippen LogP contribution >= 0.6 is 0 Å². The highest BCUT2D eigenvalue weighted by Gasteiger charge is 2.26. The van der Waals surface area contributed by atoms with Gasteiger partial charge < -0.3 is 10.1 Å². The molecule has 4 heteroatoms. The van der Waals surface area contributed by atoms with Gasteiger partial charge in [0.2, 0.25) is 5.88 Å². The molecule has 0 saturated carbocycles. The van der Waals surface area contributed by atoms with E-state index >= 15 is 0 Å². The van der Waals surface area contributed by atoms with Gasteiger partial charge in [0.15, 0.2) is 5.82 Å². The molecule has 92 valence electrons. The number of rotatable bonds is 2. The van der Waals surface area contributed by atoms with Crippen LogP contribution in [-0.2, 0) is 6.54 Å². The topological polar surface area (TPSA) is 34.1 Å². The molecule has 2 aromatic rings. The van der Waals surface area contributed by atoms with Gasteiger partial charge in [-0.15, -0.1) is 0 Å². The molecule has 1 aromatic heterocycles. The van der Waals surface area contributed by atoms with Gasteiger partial charge in [-0.25, -0.2) is 9.37 Å². The summed E-state index contributed by atoms with van der Waals surface area (Å²) < 4.78 is 19.1. The molecule has 1 N–H and O–H groups in total. The molecule has 0 fully saturated rings. The second-order valence-corrected chi connectivity index (χ2v) is 4.24. The maximum Gasteiger partial charge on any atom is 0.250 e. The van der Waals surface area contributed by atoms with Crippen LogP contribution in [0.3, 0.4) is 0 Å². The summed E-state index contributed by atoms with van der Waals surface area (Å²) >= 11 is 0. The van der Waals surface area contributed by atoms with Gasteiger partial charge in [-0.2, -0.15) is 0 Å². The van der Waals surface area contributed by atoms with Gasteiger partial charge in [-0.05, 0) is 17.2 Å². The Bertz CT molecular complexity index is 586. The molecular formula is C14H13FN2O. The van der Waals surface area contributed by atoms with Crippen molar-refractivity contribution in [2.75, 3.05) is 7.11 Å². The lowest BCUT2D eigenvalue weighted by molar-refractivity contribution is 0.365. The van der Waals surface area contributed by atoms with Crippen molar-refractivity contribution < 1.29 is 9.13 Å². The number of hydrogen-bond donors (Lipinski definition) is 1. The number of nitrogens with one attached hydrogen (secondary N) is 1. The molecule has 0 bridgehead atoms. The zero-order chi connectivity index (χ0) is 12.5. The highest BCUT2D eigenvalue weighted by Crippen LogP contribution is 2.33. The summed E-state index contributed by atoms with van der Waals surface area (Å²) in [6, 6.07) is 9.60. The molecule has 3 nitrogen and oxygen atoms in total. The summed E-state index contributed by atoms with van der Waals surface area (Å²) in [5, 5.41) is 3.31. The minimum atomic E-state index is -0.394. The van der Waals surface area contributed by atoms with Crippen LogP contribution in [0.5, 0.6) is 5.88 Å². The van der Waals surface area contributed by atoms with Crippen molar-refractivity contribution in [1.29, 1.82) is 0 Å². The molecule has 2 heterocycles. The molecule has 0 saturated heterocycles. The van der Waals surface area contributed by atoms with Gasteiger partial charge in [0.1, 0.15) is 0 Å². The van der Waals surface area contributed by atoms with Crippen molar-refractivity contribution in [3.8, 4) is 5.88 Å². The molecule has 1 aliphatic heterocycles. The Labute approximate surface area is 105 Å². The quantitative estimate of drug-likeness (QED) is 0.881. The van der Waals surface area contributed by atoms with Crippen molar-refractivity contribution in [3.05, 3.63) is 59.0 Å². The number of fused-ring (bicyclic) bond motifs is 1. The van der Waals surface area contributed by atoms with E-state index in [1.807, 2.05) is 18.2 Å². The predicted octanol–water partition coefficient (Wildman–Crippen LogP) is 2.42. The largest absolute Gasteiger partial charge is 0.479 e. The van der Waals surface area contributed by atoms with Gasteiger partial charge in [0, 0.05) is 18.3 Å². The van der Waals surface area contributed by atoms with E-state index in [9.17, 15) is 4.39 Å². The van der Waals surface area contributed by atoms with Crippen LogP contribution in [0.25, 0.3) is 0 Å². The Morgan fingerprint density at radius 1 is 1.28 bits per heavy atom. The maximum atomic E-state index is 14.2. The lowest BCUT2D eigenvalue weighted by atomic mass is 9.99. The fourth-order valence-corrected chi connectivity index (χ4v) is 2.38. The Morgan fingerprint density at radius 3 is 2.94 bits per heavy atom. The molecular weight excluding hydrogens is 231 g/mol. The first-order valence-electron chi connectivity index (χ1n) is 5.81. The van der Waals surface area contributed by atoms with E-state index < -0.39 is 5.82 Å². The summed E-state index contributed by atoms with van der Waals surface area (Å²) in [7, 11) is 1.42. The van der Waals surface area contributed by atoms with Crippen LogP contribution in [0.2, 0.25) is 0 Å². The third kappa shape index (κ3) is 1.66. The Hall–Kier alpha value is -1.94. The Morgan fingerprint density at radius 2 is 2.11 bits per heavy atom. The monoisotopic (exact) mass is 244 g/mol. The minimum absolute atomic E-state index is 0.0404. The molecule has 1 aromatic carbocycles. The van der Waals surface area contributed by atoms with Gasteiger partial charge in [0.25, 0.3) is 0 Å². The van der Waals surface area contributed by atoms with Crippen molar-refractivity contribution in [3.63, 3.8) is 0 Å². The normalized spacial score (nSPS) is 17.6. The lowest BCUT2D eigenvalue weighted by Gasteiger charge is -2.14. The SMILES string of the molecule is COc1nccc(C2NCc3ccccc32)c1F. The zero-order valence-corrected chi connectivity index (χ0v) is 9.98. The second-order valence-electron chi connectivity index (χ2n) is 4.24. The van der Waals surface area contributed by atoms with E-state index in [4.69, 9.17) is 4.74 Å². The van der Waals surface area contributed by atoms with E-state index in [0.717, 1.165) is 12.1 Å². The van der Waals surface area contributed by atoms with Crippen molar-refractivity contribution in [2.45, 2.75) is 12.6 Å². The standard InChI is InChI=1S/C14H13FN2O/c1-18-14-12(15)11(6-7-16-14)13-10-5-3-2-4-9(10)8-17-13/h2-7,13,17H,8H2,1H3. The number of ether oxygens (including phenoxy) is 1. The summed E-state index contributed by atoms with van der Waals surface area (Å²) in [6.45, 7) is 0.755. The lowest BCUT2D eigenvalue weighted by Crippen LogP contribution is -2.15. The van der Waals surface area contributed by atoms with Crippen molar-refractivity contribution >= 4 is 0 Å². The van der Waals surface area contributed by atoms with E-state index in [0.29, 0.717) is 5.56 Å². The third-order valence-electron chi connectivity index (χ3n) is 3.25. The molecule has 1 unspecified atom stereocenters. The molecule has 0 aliphatic carbocycles. The highest BCUT2D eigenvalue weighted by atomic mass is 19.1. The fraction of sp³-hybridized carbons (Fsp3) is 0.214. The average molecular weight is 244 g/mol. The fourth-order valence-electron chi connectivity index (χ4n) is 2.38. The van der Waals surface area contributed by atoms with Crippen molar-refractivity contribution in [2.24, 2.45) is 0 Å². The summed E-state index contributed by atoms with van der Waals surface area (Å²) in [6.07, 6.45) is 1.57. The van der Waals surface area contributed by atoms with Crippen LogP contribution < -0.4 is 10.1 Å². The summed E-state index contributed by atoms with van der Waals surface area (Å²) in [4.78, 5) is 3.86. The molecule has 18 heavy (non-hydrogen) atoms. The predicted molar refractivity (Wildman–Crippen MR) is 65.9 cm³/mol. The zero-order valence-electron chi connectivity index (χ0n) is 9.98. The van der Waals surface area contributed by atoms with Crippen LogP contribution in [0, 0.1) is 5.82 Å². The van der Waals surface area contributed by atoms with Crippen molar-refractivity contribution in [1.82, 2.24) is 10.3 Å². The van der Waals surface area contributed by atoms with Crippen LogP contribution in [0.4, 0.5) is 4.39 Å². The van der Waals surface area contributed by atoms with Gasteiger partial charge in [0.05, 0.1) is 13.2 Å². The molecule has 0 radical (unpaired) electrons. The Kier molecular flexibility index (Phi) is 2.72. The molecule has 0 amide bonds. The molecule has 1 atom stereocenters. The second kappa shape index (κ2) is 4.38. The average Bonchev–Trinajstić information content (AvgIpc) is 2.83. The number of pyridine rings is 1. The Balaban J connectivity index is 2.08. The third-order valence-corrected chi connectivity index (χ3v) is 3.25. The first-order valence-corrected chi connectivity index (χ1v) is 5.81. The van der Waals surface area contributed by atoms with E-state index in [2.05, 4.69) is 16.4 Å². The van der Waals surface area contributed by atoms with Crippen LogP contribution in [-0.4, -0.2) is 12.1 Å². The van der Waals surface area contributed by atoms with Gasteiger partial charge in [-0.1, -0.05) is 24.3 Å². The number of nitrogens with zero attached hydrogens (tertiary/aromatic N) is 1. The molecule has 3 rings (SSSR count). The number of aromatic nitrogens is 1. The number of methoxy groups -OCH3 is 1. The highest BCUT2D eigenvalue weighted by molar-refractivity contribution is 5.42.